The van der Waals surface area contributed by atoms with E-state index in [-0.39, 0.29) is 0 Å². The lowest BCUT2D eigenvalue weighted by atomic mass is 9.94. The van der Waals surface area contributed by atoms with Crippen LogP contribution in [0.3, 0.4) is 0 Å². The van der Waals surface area contributed by atoms with E-state index in [2.05, 4.69) is 34.4 Å². The summed E-state index contributed by atoms with van der Waals surface area (Å²) in [4.78, 5) is 7.14. The Morgan fingerprint density at radius 1 is 1.56 bits per heavy atom. The van der Waals surface area contributed by atoms with Crippen molar-refractivity contribution in [2.75, 3.05) is 18.5 Å². The number of nitrogens with one attached hydrogen (secondary N) is 1. The van der Waals surface area contributed by atoms with Crippen LogP contribution in [0.1, 0.15) is 32.4 Å². The van der Waals surface area contributed by atoms with Crippen LogP contribution >= 0.6 is 11.3 Å². The van der Waals surface area contributed by atoms with E-state index in [4.69, 9.17) is 0 Å². The third-order valence-electron chi connectivity index (χ3n) is 3.28. The van der Waals surface area contributed by atoms with Crippen LogP contribution < -0.4 is 10.2 Å². The van der Waals surface area contributed by atoms with Crippen LogP contribution in [0.5, 0.6) is 0 Å². The van der Waals surface area contributed by atoms with Gasteiger partial charge in [-0.2, -0.15) is 0 Å². The van der Waals surface area contributed by atoms with E-state index >= 15 is 0 Å². The number of aromatic nitrogens is 1. The van der Waals surface area contributed by atoms with E-state index in [9.17, 15) is 0 Å². The van der Waals surface area contributed by atoms with Crippen LogP contribution in [0.15, 0.2) is 5.38 Å². The Morgan fingerprint density at radius 2 is 2.38 bits per heavy atom. The van der Waals surface area contributed by atoms with Gasteiger partial charge in [0.1, 0.15) is 0 Å². The smallest absolute Gasteiger partial charge is 0.185 e. The van der Waals surface area contributed by atoms with Crippen molar-refractivity contribution in [2.24, 2.45) is 5.92 Å². The minimum atomic E-state index is 0.636. The van der Waals surface area contributed by atoms with E-state index in [0.29, 0.717) is 6.04 Å². The number of rotatable bonds is 3. The van der Waals surface area contributed by atoms with Crippen LogP contribution in [-0.2, 0) is 6.54 Å². The molecule has 0 amide bonds. The fourth-order valence-corrected chi connectivity index (χ4v) is 3.34. The van der Waals surface area contributed by atoms with E-state index in [1.54, 1.807) is 11.3 Å². The molecule has 0 bridgehead atoms. The summed E-state index contributed by atoms with van der Waals surface area (Å²) in [6.07, 6.45) is 2.59. The van der Waals surface area contributed by atoms with Crippen LogP contribution in [0.4, 0.5) is 5.13 Å². The van der Waals surface area contributed by atoms with Gasteiger partial charge in [-0.3, -0.25) is 0 Å². The number of piperidine rings is 1. The molecule has 0 saturated carbocycles. The van der Waals surface area contributed by atoms with Gasteiger partial charge in [-0.1, -0.05) is 6.92 Å². The Kier molecular flexibility index (Phi) is 3.82. The molecule has 1 aliphatic heterocycles. The first kappa shape index (κ1) is 11.9. The van der Waals surface area contributed by atoms with Gasteiger partial charge in [0, 0.05) is 24.5 Å². The quantitative estimate of drug-likeness (QED) is 0.878. The maximum atomic E-state index is 4.68. The third-order valence-corrected chi connectivity index (χ3v) is 4.21. The molecule has 0 aliphatic carbocycles. The van der Waals surface area contributed by atoms with Crippen LogP contribution in [0.25, 0.3) is 0 Å². The lowest BCUT2D eigenvalue weighted by Crippen LogP contribution is -2.40. The molecule has 2 rings (SSSR count). The fourth-order valence-electron chi connectivity index (χ4n) is 2.38. The highest BCUT2D eigenvalue weighted by Crippen LogP contribution is 2.29. The highest BCUT2D eigenvalue weighted by molar-refractivity contribution is 7.13. The van der Waals surface area contributed by atoms with Crippen molar-refractivity contribution in [3.05, 3.63) is 11.1 Å². The van der Waals surface area contributed by atoms with Crippen LogP contribution in [-0.4, -0.2) is 24.6 Å². The molecule has 0 spiro atoms. The first-order valence-electron chi connectivity index (χ1n) is 6.06. The lowest BCUT2D eigenvalue weighted by Gasteiger charge is -2.36. The average molecular weight is 239 g/mol. The Balaban J connectivity index is 2.05. The minimum Gasteiger partial charge on any atom is -0.345 e. The topological polar surface area (TPSA) is 28.2 Å². The summed E-state index contributed by atoms with van der Waals surface area (Å²) in [5.74, 6) is 0.864. The van der Waals surface area contributed by atoms with Gasteiger partial charge < -0.3 is 10.2 Å². The first-order valence-corrected chi connectivity index (χ1v) is 6.94. The van der Waals surface area contributed by atoms with E-state index in [1.165, 1.54) is 18.0 Å². The highest BCUT2D eigenvalue weighted by Gasteiger charge is 2.24. The molecule has 1 aliphatic rings. The third kappa shape index (κ3) is 2.55. The number of hydrogen-bond donors (Lipinski definition) is 1. The summed E-state index contributed by atoms with van der Waals surface area (Å²) < 4.78 is 0. The molecule has 1 aromatic heterocycles. The van der Waals surface area contributed by atoms with Crippen molar-refractivity contribution in [2.45, 2.75) is 39.3 Å². The Labute approximate surface area is 102 Å². The molecule has 1 aromatic rings. The Morgan fingerprint density at radius 3 is 3.06 bits per heavy atom. The molecular weight excluding hydrogens is 218 g/mol. The summed E-state index contributed by atoms with van der Waals surface area (Å²) in [5, 5.41) is 6.51. The predicted octanol–water partition coefficient (Wildman–Crippen LogP) is 2.49. The molecular formula is C12H21N3S. The number of anilines is 1. The molecule has 1 N–H and O–H groups in total. The van der Waals surface area contributed by atoms with Crippen molar-refractivity contribution in [1.29, 1.82) is 0 Å². The van der Waals surface area contributed by atoms with Gasteiger partial charge in [0.05, 0.1) is 5.69 Å². The molecule has 0 aromatic carbocycles. The normalized spacial score (nSPS) is 26.1. The van der Waals surface area contributed by atoms with E-state index in [1.807, 2.05) is 7.05 Å². The SMILES string of the molecule is CNCc1csc(N2CCC(C)CC2C)n1. The summed E-state index contributed by atoms with van der Waals surface area (Å²) in [6, 6.07) is 0.636. The second-order valence-corrected chi connectivity index (χ2v) is 5.66. The maximum Gasteiger partial charge on any atom is 0.185 e. The molecule has 90 valence electrons. The highest BCUT2D eigenvalue weighted by atomic mass is 32.1. The molecule has 16 heavy (non-hydrogen) atoms. The van der Waals surface area contributed by atoms with Gasteiger partial charge in [-0.15, -0.1) is 11.3 Å². The molecule has 2 atom stereocenters. The zero-order chi connectivity index (χ0) is 11.5. The lowest BCUT2D eigenvalue weighted by molar-refractivity contribution is 0.377. The summed E-state index contributed by atoms with van der Waals surface area (Å²) in [6.45, 7) is 6.70. The standard InChI is InChI=1S/C12H21N3S/c1-9-4-5-15(10(2)6-9)12-14-11(7-13-3)8-16-12/h8-10,13H,4-7H2,1-3H3. The molecule has 2 heterocycles. The molecule has 2 unspecified atom stereocenters. The summed E-state index contributed by atoms with van der Waals surface area (Å²) >= 11 is 1.78. The van der Waals surface area contributed by atoms with Crippen molar-refractivity contribution in [1.82, 2.24) is 10.3 Å². The minimum absolute atomic E-state index is 0.636. The van der Waals surface area contributed by atoms with Crippen molar-refractivity contribution < 1.29 is 0 Å². The van der Waals surface area contributed by atoms with Gasteiger partial charge in [-0.05, 0) is 32.7 Å². The average Bonchev–Trinajstić information content (AvgIpc) is 2.67. The zero-order valence-corrected chi connectivity index (χ0v) is 11.2. The van der Waals surface area contributed by atoms with Crippen molar-refractivity contribution in [3.8, 4) is 0 Å². The van der Waals surface area contributed by atoms with Crippen molar-refractivity contribution >= 4 is 16.5 Å². The Hall–Kier alpha value is -0.610. The Bertz CT molecular complexity index is 337. The van der Waals surface area contributed by atoms with Gasteiger partial charge >= 0.3 is 0 Å². The monoisotopic (exact) mass is 239 g/mol. The molecule has 3 nitrogen and oxygen atoms in total. The van der Waals surface area contributed by atoms with Gasteiger partial charge in [0.15, 0.2) is 5.13 Å². The van der Waals surface area contributed by atoms with Crippen LogP contribution in [0.2, 0.25) is 0 Å². The van der Waals surface area contributed by atoms with Gasteiger partial charge in [0.25, 0.3) is 0 Å². The number of hydrogen-bond acceptors (Lipinski definition) is 4. The molecule has 1 saturated heterocycles. The van der Waals surface area contributed by atoms with E-state index in [0.717, 1.165) is 24.7 Å². The van der Waals surface area contributed by atoms with Crippen molar-refractivity contribution in [3.63, 3.8) is 0 Å². The predicted molar refractivity (Wildman–Crippen MR) is 70.1 cm³/mol. The molecule has 1 fully saturated rings. The fraction of sp³-hybridized carbons (Fsp3) is 0.750. The molecule has 4 heteroatoms. The summed E-state index contributed by atoms with van der Waals surface area (Å²) in [5.41, 5.74) is 1.16. The molecule has 0 radical (unpaired) electrons. The number of nitrogens with zero attached hydrogens (tertiary/aromatic N) is 2. The second kappa shape index (κ2) is 5.15. The first-order chi connectivity index (χ1) is 7.70. The maximum absolute atomic E-state index is 4.68. The number of thiazole rings is 1. The van der Waals surface area contributed by atoms with Gasteiger partial charge in [0.2, 0.25) is 0 Å². The van der Waals surface area contributed by atoms with E-state index < -0.39 is 0 Å². The summed E-state index contributed by atoms with van der Waals surface area (Å²) in [7, 11) is 1.96. The largest absolute Gasteiger partial charge is 0.345 e. The zero-order valence-electron chi connectivity index (χ0n) is 10.4. The van der Waals surface area contributed by atoms with Crippen LogP contribution in [0, 0.1) is 5.92 Å². The van der Waals surface area contributed by atoms with Gasteiger partial charge in [-0.25, -0.2) is 4.98 Å². The second-order valence-electron chi connectivity index (χ2n) is 4.82.